The van der Waals surface area contributed by atoms with Crippen LogP contribution in [0.25, 0.3) is 0 Å². The van der Waals surface area contributed by atoms with Crippen molar-refractivity contribution in [2.45, 2.75) is 50.5 Å². The lowest BCUT2D eigenvalue weighted by Gasteiger charge is -2.16. The third-order valence-corrected chi connectivity index (χ3v) is 5.65. The minimum atomic E-state index is -3.69. The van der Waals surface area contributed by atoms with Gasteiger partial charge in [-0.3, -0.25) is 0 Å². The Morgan fingerprint density at radius 3 is 2.87 bits per heavy atom. The number of aryl methyl sites for hydroxylation is 1. The standard InChI is InChI=1S/C16H24ClNO4S/c1-3-4-7-22-15-9-12(2)14(17)10-16(15)23(19,20)18-11-13-6-5-8-21-13/h9-10,13,18H,3-8,11H2,1-2H3. The van der Waals surface area contributed by atoms with E-state index < -0.39 is 10.0 Å². The molecule has 130 valence electrons. The molecular formula is C16H24ClNO4S. The summed E-state index contributed by atoms with van der Waals surface area (Å²) in [6.45, 7) is 5.31. The van der Waals surface area contributed by atoms with Crippen molar-refractivity contribution >= 4 is 21.6 Å². The predicted molar refractivity (Wildman–Crippen MR) is 90.8 cm³/mol. The summed E-state index contributed by atoms with van der Waals surface area (Å²) in [6.07, 6.45) is 3.62. The first-order valence-corrected chi connectivity index (χ1v) is 9.84. The number of ether oxygens (including phenoxy) is 2. The maximum Gasteiger partial charge on any atom is 0.244 e. The number of halogens is 1. The van der Waals surface area contributed by atoms with E-state index >= 15 is 0 Å². The van der Waals surface area contributed by atoms with Gasteiger partial charge >= 0.3 is 0 Å². The van der Waals surface area contributed by atoms with Crippen molar-refractivity contribution in [3.05, 3.63) is 22.7 Å². The molecule has 1 aliphatic heterocycles. The fraction of sp³-hybridized carbons (Fsp3) is 0.625. The zero-order valence-electron chi connectivity index (χ0n) is 13.6. The highest BCUT2D eigenvalue weighted by Gasteiger charge is 2.24. The number of nitrogens with one attached hydrogen (secondary N) is 1. The lowest BCUT2D eigenvalue weighted by molar-refractivity contribution is 0.114. The van der Waals surface area contributed by atoms with Crippen molar-refractivity contribution in [3.8, 4) is 5.75 Å². The molecule has 0 aliphatic carbocycles. The molecule has 1 aromatic carbocycles. The Morgan fingerprint density at radius 1 is 1.43 bits per heavy atom. The van der Waals surface area contributed by atoms with Crippen LogP contribution in [0.5, 0.6) is 5.75 Å². The third kappa shape index (κ3) is 5.08. The molecule has 1 aromatic rings. The first-order valence-electron chi connectivity index (χ1n) is 7.98. The monoisotopic (exact) mass is 361 g/mol. The Hall–Kier alpha value is -0.820. The molecule has 0 bridgehead atoms. The van der Waals surface area contributed by atoms with Gasteiger partial charge in [0.15, 0.2) is 0 Å². The molecule has 1 aliphatic rings. The van der Waals surface area contributed by atoms with Crippen molar-refractivity contribution in [1.82, 2.24) is 4.72 Å². The molecular weight excluding hydrogens is 338 g/mol. The molecule has 1 heterocycles. The second-order valence-corrected chi connectivity index (χ2v) is 7.88. The van der Waals surface area contributed by atoms with Gasteiger partial charge < -0.3 is 9.47 Å². The van der Waals surface area contributed by atoms with Crippen LogP contribution in [0, 0.1) is 6.92 Å². The summed E-state index contributed by atoms with van der Waals surface area (Å²) in [6, 6.07) is 3.13. The van der Waals surface area contributed by atoms with Crippen LogP contribution in [-0.2, 0) is 14.8 Å². The average molecular weight is 362 g/mol. The molecule has 1 saturated heterocycles. The summed E-state index contributed by atoms with van der Waals surface area (Å²) in [7, 11) is -3.69. The second-order valence-electron chi connectivity index (χ2n) is 5.74. The first kappa shape index (κ1) is 18.5. The van der Waals surface area contributed by atoms with Gasteiger partial charge in [-0.1, -0.05) is 24.9 Å². The van der Waals surface area contributed by atoms with E-state index in [1.54, 1.807) is 6.07 Å². The van der Waals surface area contributed by atoms with Gasteiger partial charge in [0.25, 0.3) is 0 Å². The maximum atomic E-state index is 12.6. The van der Waals surface area contributed by atoms with Crippen LogP contribution in [0.15, 0.2) is 17.0 Å². The molecule has 0 amide bonds. The number of benzene rings is 1. The van der Waals surface area contributed by atoms with Crippen LogP contribution >= 0.6 is 11.6 Å². The molecule has 1 unspecified atom stereocenters. The Labute approximate surface area is 143 Å². The number of hydrogen-bond acceptors (Lipinski definition) is 4. The Morgan fingerprint density at radius 2 is 2.22 bits per heavy atom. The van der Waals surface area contributed by atoms with Gasteiger partial charge in [0, 0.05) is 18.2 Å². The predicted octanol–water partition coefficient (Wildman–Crippen LogP) is 3.28. The van der Waals surface area contributed by atoms with E-state index in [1.807, 2.05) is 6.92 Å². The topological polar surface area (TPSA) is 64.6 Å². The molecule has 23 heavy (non-hydrogen) atoms. The molecule has 5 nitrogen and oxygen atoms in total. The van der Waals surface area contributed by atoms with Crippen LogP contribution in [0.3, 0.4) is 0 Å². The molecule has 7 heteroatoms. The van der Waals surface area contributed by atoms with Gasteiger partial charge in [-0.2, -0.15) is 0 Å². The highest BCUT2D eigenvalue weighted by atomic mass is 35.5. The number of rotatable bonds is 8. The maximum absolute atomic E-state index is 12.6. The van der Waals surface area contributed by atoms with E-state index in [0.29, 0.717) is 24.0 Å². The first-order chi connectivity index (χ1) is 10.9. The van der Waals surface area contributed by atoms with Crippen molar-refractivity contribution in [2.24, 2.45) is 0 Å². The van der Waals surface area contributed by atoms with Crippen molar-refractivity contribution in [1.29, 1.82) is 0 Å². The summed E-state index contributed by atoms with van der Waals surface area (Å²) in [5.74, 6) is 0.347. The van der Waals surface area contributed by atoms with Crippen molar-refractivity contribution in [3.63, 3.8) is 0 Å². The molecule has 0 radical (unpaired) electrons. The molecule has 0 aromatic heterocycles. The van der Waals surface area contributed by atoms with E-state index in [-0.39, 0.29) is 17.5 Å². The van der Waals surface area contributed by atoms with Gasteiger partial charge in [-0.05, 0) is 43.9 Å². The zero-order chi connectivity index (χ0) is 16.9. The van der Waals surface area contributed by atoms with E-state index in [9.17, 15) is 8.42 Å². The van der Waals surface area contributed by atoms with Gasteiger partial charge in [-0.25, -0.2) is 13.1 Å². The van der Waals surface area contributed by atoms with E-state index in [1.165, 1.54) is 6.07 Å². The van der Waals surface area contributed by atoms with E-state index in [4.69, 9.17) is 21.1 Å². The summed E-state index contributed by atoms with van der Waals surface area (Å²) >= 11 is 6.11. The second kappa shape index (κ2) is 8.33. The molecule has 2 rings (SSSR count). The van der Waals surface area contributed by atoms with Gasteiger partial charge in [0.05, 0.1) is 12.7 Å². The van der Waals surface area contributed by atoms with Crippen LogP contribution in [-0.4, -0.2) is 34.3 Å². The summed E-state index contributed by atoms with van der Waals surface area (Å²) in [5.41, 5.74) is 0.788. The van der Waals surface area contributed by atoms with Gasteiger partial charge in [0.1, 0.15) is 10.6 Å². The Balaban J connectivity index is 2.18. The lowest BCUT2D eigenvalue weighted by Crippen LogP contribution is -2.32. The summed E-state index contributed by atoms with van der Waals surface area (Å²) < 4.78 is 38.9. The molecule has 1 atom stereocenters. The number of hydrogen-bond donors (Lipinski definition) is 1. The van der Waals surface area contributed by atoms with E-state index in [2.05, 4.69) is 11.6 Å². The zero-order valence-corrected chi connectivity index (χ0v) is 15.2. The molecule has 1 N–H and O–H groups in total. The Bertz CT molecular complexity index is 627. The minimum Gasteiger partial charge on any atom is -0.492 e. The van der Waals surface area contributed by atoms with Crippen molar-refractivity contribution < 1.29 is 17.9 Å². The van der Waals surface area contributed by atoms with Gasteiger partial charge in [0.2, 0.25) is 10.0 Å². The van der Waals surface area contributed by atoms with Crippen LogP contribution in [0.4, 0.5) is 0 Å². The number of sulfonamides is 1. The van der Waals surface area contributed by atoms with Crippen LogP contribution in [0.1, 0.15) is 38.2 Å². The van der Waals surface area contributed by atoms with Crippen molar-refractivity contribution in [2.75, 3.05) is 19.8 Å². The van der Waals surface area contributed by atoms with Crippen LogP contribution in [0.2, 0.25) is 5.02 Å². The quantitative estimate of drug-likeness (QED) is 0.721. The van der Waals surface area contributed by atoms with Crippen LogP contribution < -0.4 is 9.46 Å². The SMILES string of the molecule is CCCCOc1cc(C)c(Cl)cc1S(=O)(=O)NCC1CCCO1. The summed E-state index contributed by atoms with van der Waals surface area (Å²) in [5, 5.41) is 0.408. The fourth-order valence-corrected chi connectivity index (χ4v) is 3.82. The van der Waals surface area contributed by atoms with E-state index in [0.717, 1.165) is 31.2 Å². The highest BCUT2D eigenvalue weighted by molar-refractivity contribution is 7.89. The lowest BCUT2D eigenvalue weighted by atomic mass is 10.2. The number of unbranched alkanes of at least 4 members (excludes halogenated alkanes) is 1. The third-order valence-electron chi connectivity index (χ3n) is 3.79. The molecule has 0 spiro atoms. The highest BCUT2D eigenvalue weighted by Crippen LogP contribution is 2.30. The largest absolute Gasteiger partial charge is 0.492 e. The minimum absolute atomic E-state index is 0.0600. The molecule has 0 saturated carbocycles. The smallest absolute Gasteiger partial charge is 0.244 e. The fourth-order valence-electron chi connectivity index (χ4n) is 2.37. The average Bonchev–Trinajstić information content (AvgIpc) is 3.02. The Kier molecular flexibility index (Phi) is 6.71. The normalized spacial score (nSPS) is 18.3. The molecule has 1 fully saturated rings. The van der Waals surface area contributed by atoms with Gasteiger partial charge in [-0.15, -0.1) is 0 Å². The summed E-state index contributed by atoms with van der Waals surface area (Å²) in [4.78, 5) is 0.0854.